The first-order valence-electron chi connectivity index (χ1n) is 6.57. The van der Waals surface area contributed by atoms with Crippen LogP contribution in [0.3, 0.4) is 0 Å². The van der Waals surface area contributed by atoms with Gasteiger partial charge in [-0.1, -0.05) is 18.2 Å². The van der Waals surface area contributed by atoms with Crippen LogP contribution in [0.25, 0.3) is 0 Å². The molecule has 0 heterocycles. The summed E-state index contributed by atoms with van der Waals surface area (Å²) in [4.78, 5) is 0. The van der Waals surface area contributed by atoms with Crippen molar-refractivity contribution in [1.29, 1.82) is 0 Å². The van der Waals surface area contributed by atoms with Crippen molar-refractivity contribution in [2.24, 2.45) is 0 Å². The average molecular weight is 289 g/mol. The fourth-order valence-corrected chi connectivity index (χ4v) is 2.05. The maximum atomic E-state index is 9.85. The second-order valence-electron chi connectivity index (χ2n) is 4.58. The lowest BCUT2D eigenvalue weighted by Gasteiger charge is -2.12. The van der Waals surface area contributed by atoms with Gasteiger partial charge in [-0.3, -0.25) is 0 Å². The van der Waals surface area contributed by atoms with Crippen molar-refractivity contribution < 1.29 is 19.7 Å². The minimum absolute atomic E-state index is 0.00976. The number of para-hydroxylation sites is 1. The molecule has 3 N–H and O–H groups in total. The molecule has 0 aliphatic heterocycles. The highest BCUT2D eigenvalue weighted by atomic mass is 16.5. The van der Waals surface area contributed by atoms with Gasteiger partial charge >= 0.3 is 0 Å². The molecule has 0 bridgehead atoms. The van der Waals surface area contributed by atoms with Crippen LogP contribution in [-0.4, -0.2) is 24.4 Å². The standard InChI is InChI=1S/C16H19NO4/c1-20-14-7-11(8-15(21-2)16(14)19)9-17-10-12-5-3-4-6-13(12)18/h3-8,17-19H,9-10H2,1-2H3. The third-order valence-corrected chi connectivity index (χ3v) is 3.18. The van der Waals surface area contributed by atoms with Crippen LogP contribution >= 0.6 is 0 Å². The molecule has 5 nitrogen and oxygen atoms in total. The zero-order valence-corrected chi connectivity index (χ0v) is 12.1. The summed E-state index contributed by atoms with van der Waals surface area (Å²) in [6, 6.07) is 10.7. The Morgan fingerprint density at radius 2 is 1.57 bits per heavy atom. The van der Waals surface area contributed by atoms with E-state index in [1.54, 1.807) is 24.3 Å². The Balaban J connectivity index is 2.05. The van der Waals surface area contributed by atoms with Gasteiger partial charge in [0, 0.05) is 18.7 Å². The van der Waals surface area contributed by atoms with Crippen molar-refractivity contribution in [2.45, 2.75) is 13.1 Å². The molecule has 0 aromatic heterocycles. The van der Waals surface area contributed by atoms with Crippen LogP contribution in [0, 0.1) is 0 Å². The minimum Gasteiger partial charge on any atom is -0.508 e. The van der Waals surface area contributed by atoms with Gasteiger partial charge in [-0.15, -0.1) is 0 Å². The van der Waals surface area contributed by atoms with Crippen LogP contribution in [0.5, 0.6) is 23.0 Å². The van der Waals surface area contributed by atoms with E-state index >= 15 is 0 Å². The number of hydrogen-bond donors (Lipinski definition) is 3. The van der Waals surface area contributed by atoms with E-state index in [0.717, 1.165) is 11.1 Å². The van der Waals surface area contributed by atoms with Crippen LogP contribution < -0.4 is 14.8 Å². The fraction of sp³-hybridized carbons (Fsp3) is 0.250. The molecule has 0 radical (unpaired) electrons. The molecule has 0 saturated heterocycles. The molecule has 0 spiro atoms. The van der Waals surface area contributed by atoms with Crippen LogP contribution in [0.4, 0.5) is 0 Å². The van der Waals surface area contributed by atoms with E-state index in [0.29, 0.717) is 24.6 Å². The molecular formula is C16H19NO4. The van der Waals surface area contributed by atoms with Crippen molar-refractivity contribution in [2.75, 3.05) is 14.2 Å². The molecule has 5 heteroatoms. The minimum atomic E-state index is -0.00976. The van der Waals surface area contributed by atoms with E-state index in [-0.39, 0.29) is 11.5 Å². The Bertz CT molecular complexity index is 588. The molecule has 2 aromatic rings. The third-order valence-electron chi connectivity index (χ3n) is 3.18. The molecule has 2 aromatic carbocycles. The monoisotopic (exact) mass is 289 g/mol. The summed E-state index contributed by atoms with van der Waals surface area (Å²) in [7, 11) is 2.99. The second-order valence-corrected chi connectivity index (χ2v) is 4.58. The Morgan fingerprint density at radius 3 is 2.14 bits per heavy atom. The zero-order valence-electron chi connectivity index (χ0n) is 12.1. The number of benzene rings is 2. The highest BCUT2D eigenvalue weighted by Gasteiger charge is 2.11. The Morgan fingerprint density at radius 1 is 0.952 bits per heavy atom. The number of phenols is 2. The van der Waals surface area contributed by atoms with Gasteiger partial charge in [0.1, 0.15) is 5.75 Å². The van der Waals surface area contributed by atoms with Crippen molar-refractivity contribution in [3.05, 3.63) is 47.5 Å². The molecule has 0 aliphatic carbocycles. The van der Waals surface area contributed by atoms with E-state index in [4.69, 9.17) is 9.47 Å². The number of hydrogen-bond acceptors (Lipinski definition) is 5. The zero-order chi connectivity index (χ0) is 15.2. The number of nitrogens with one attached hydrogen (secondary N) is 1. The Hall–Kier alpha value is -2.40. The lowest BCUT2D eigenvalue weighted by Crippen LogP contribution is -2.13. The highest BCUT2D eigenvalue weighted by molar-refractivity contribution is 5.52. The summed E-state index contributed by atoms with van der Waals surface area (Å²) < 4.78 is 10.2. The fourth-order valence-electron chi connectivity index (χ4n) is 2.05. The lowest BCUT2D eigenvalue weighted by molar-refractivity contribution is 0.339. The van der Waals surface area contributed by atoms with Crippen molar-refractivity contribution in [1.82, 2.24) is 5.32 Å². The third kappa shape index (κ3) is 3.58. The molecule has 0 saturated carbocycles. The summed E-state index contributed by atoms with van der Waals surface area (Å²) in [6.07, 6.45) is 0. The predicted molar refractivity (Wildman–Crippen MR) is 79.9 cm³/mol. The predicted octanol–water partition coefficient (Wildman–Crippen LogP) is 2.40. The molecule has 0 amide bonds. The quantitative estimate of drug-likeness (QED) is 0.761. The molecule has 21 heavy (non-hydrogen) atoms. The van der Waals surface area contributed by atoms with Gasteiger partial charge in [0.05, 0.1) is 14.2 Å². The lowest BCUT2D eigenvalue weighted by atomic mass is 10.1. The van der Waals surface area contributed by atoms with Gasteiger partial charge in [0.2, 0.25) is 5.75 Å². The van der Waals surface area contributed by atoms with Crippen molar-refractivity contribution in [3.63, 3.8) is 0 Å². The van der Waals surface area contributed by atoms with Gasteiger partial charge in [-0.05, 0) is 23.8 Å². The largest absolute Gasteiger partial charge is 0.508 e. The summed E-state index contributed by atoms with van der Waals surface area (Å²) in [6.45, 7) is 1.10. The molecule has 0 aliphatic rings. The van der Waals surface area contributed by atoms with Crippen LogP contribution in [0.2, 0.25) is 0 Å². The average Bonchev–Trinajstić information content (AvgIpc) is 2.50. The molecular weight excluding hydrogens is 270 g/mol. The summed E-state index contributed by atoms with van der Waals surface area (Å²) in [5.41, 5.74) is 1.74. The summed E-state index contributed by atoms with van der Waals surface area (Å²) in [5, 5.41) is 22.8. The first-order valence-corrected chi connectivity index (χ1v) is 6.57. The van der Waals surface area contributed by atoms with E-state index < -0.39 is 0 Å². The van der Waals surface area contributed by atoms with Gasteiger partial charge in [0.15, 0.2) is 11.5 Å². The van der Waals surface area contributed by atoms with Crippen LogP contribution in [-0.2, 0) is 13.1 Å². The molecule has 0 unspecified atom stereocenters. The number of methoxy groups -OCH3 is 2. The number of aromatic hydroxyl groups is 2. The second kappa shape index (κ2) is 6.85. The maximum absolute atomic E-state index is 9.85. The molecule has 112 valence electrons. The smallest absolute Gasteiger partial charge is 0.200 e. The maximum Gasteiger partial charge on any atom is 0.200 e. The SMILES string of the molecule is COc1cc(CNCc2ccccc2O)cc(OC)c1O. The van der Waals surface area contributed by atoms with Gasteiger partial charge in [0.25, 0.3) is 0 Å². The van der Waals surface area contributed by atoms with Gasteiger partial charge in [-0.2, -0.15) is 0 Å². The van der Waals surface area contributed by atoms with E-state index in [2.05, 4.69) is 5.32 Å². The van der Waals surface area contributed by atoms with Gasteiger partial charge in [-0.25, -0.2) is 0 Å². The highest BCUT2D eigenvalue weighted by Crippen LogP contribution is 2.37. The number of rotatable bonds is 6. The van der Waals surface area contributed by atoms with E-state index in [1.165, 1.54) is 14.2 Å². The van der Waals surface area contributed by atoms with E-state index in [9.17, 15) is 10.2 Å². The topological polar surface area (TPSA) is 71.0 Å². The van der Waals surface area contributed by atoms with Crippen LogP contribution in [0.15, 0.2) is 36.4 Å². The van der Waals surface area contributed by atoms with Crippen LogP contribution in [0.1, 0.15) is 11.1 Å². The molecule has 2 rings (SSSR count). The van der Waals surface area contributed by atoms with Crippen molar-refractivity contribution in [3.8, 4) is 23.0 Å². The first kappa shape index (κ1) is 15.0. The number of ether oxygens (including phenoxy) is 2. The molecule has 0 atom stereocenters. The molecule has 0 fully saturated rings. The first-order chi connectivity index (χ1) is 10.2. The van der Waals surface area contributed by atoms with Crippen molar-refractivity contribution >= 4 is 0 Å². The Kier molecular flexibility index (Phi) is 4.90. The summed E-state index contributed by atoms with van der Waals surface area (Å²) >= 11 is 0. The Labute approximate surface area is 123 Å². The van der Waals surface area contributed by atoms with E-state index in [1.807, 2.05) is 12.1 Å². The normalized spacial score (nSPS) is 10.4. The van der Waals surface area contributed by atoms with Gasteiger partial charge < -0.3 is 25.0 Å². The number of phenolic OH excluding ortho intramolecular Hbond substituents is 2. The summed E-state index contributed by atoms with van der Waals surface area (Å²) in [5.74, 6) is 0.998.